The monoisotopic (exact) mass is 257 g/mol. The number of hydrogen-bond donors (Lipinski definition) is 3. The summed E-state index contributed by atoms with van der Waals surface area (Å²) in [4.78, 5) is 0. The van der Waals surface area contributed by atoms with Gasteiger partial charge in [-0.05, 0) is 31.7 Å². The Bertz CT molecular complexity index is 373. The molecule has 102 valence electrons. The minimum Gasteiger partial charge on any atom is -0.490 e. The number of aliphatic hydroxyl groups is 2. The third-order valence-corrected chi connectivity index (χ3v) is 2.59. The van der Waals surface area contributed by atoms with Gasteiger partial charge in [-0.2, -0.15) is 0 Å². The highest BCUT2D eigenvalue weighted by atomic mass is 19.1. The van der Waals surface area contributed by atoms with E-state index in [1.165, 1.54) is 18.2 Å². The van der Waals surface area contributed by atoms with E-state index in [1.54, 1.807) is 0 Å². The standard InChI is InChI=1S/C13H20FNO3/c1-3-15-9(2)12-6-10(14)4-5-13(12)18-8-11(17)7-16/h4-6,9,11,15-17H,3,7-8H2,1-2H3. The topological polar surface area (TPSA) is 61.7 Å². The zero-order chi connectivity index (χ0) is 13.5. The lowest BCUT2D eigenvalue weighted by Crippen LogP contribution is -2.23. The molecule has 0 saturated heterocycles. The van der Waals surface area contributed by atoms with Crippen molar-refractivity contribution in [3.63, 3.8) is 0 Å². The van der Waals surface area contributed by atoms with Gasteiger partial charge in [-0.1, -0.05) is 6.92 Å². The van der Waals surface area contributed by atoms with Crippen molar-refractivity contribution in [2.75, 3.05) is 19.8 Å². The molecule has 0 aliphatic rings. The maximum Gasteiger partial charge on any atom is 0.124 e. The minimum absolute atomic E-state index is 0.0199. The minimum atomic E-state index is -0.933. The number of aliphatic hydroxyl groups excluding tert-OH is 2. The van der Waals surface area contributed by atoms with Gasteiger partial charge in [0, 0.05) is 11.6 Å². The van der Waals surface area contributed by atoms with E-state index < -0.39 is 6.10 Å². The molecule has 0 spiro atoms. The molecule has 0 amide bonds. The van der Waals surface area contributed by atoms with Crippen LogP contribution in [0.2, 0.25) is 0 Å². The van der Waals surface area contributed by atoms with E-state index in [2.05, 4.69) is 5.32 Å². The normalized spacial score (nSPS) is 14.3. The molecule has 5 heteroatoms. The van der Waals surface area contributed by atoms with E-state index >= 15 is 0 Å². The summed E-state index contributed by atoms with van der Waals surface area (Å²) in [7, 11) is 0. The molecule has 0 heterocycles. The van der Waals surface area contributed by atoms with Gasteiger partial charge < -0.3 is 20.3 Å². The summed E-state index contributed by atoms with van der Waals surface area (Å²) in [6.07, 6.45) is -0.933. The van der Waals surface area contributed by atoms with Crippen LogP contribution >= 0.6 is 0 Å². The highest BCUT2D eigenvalue weighted by Crippen LogP contribution is 2.26. The van der Waals surface area contributed by atoms with Crippen molar-refractivity contribution in [2.24, 2.45) is 0 Å². The van der Waals surface area contributed by atoms with Gasteiger partial charge in [0.2, 0.25) is 0 Å². The fourth-order valence-corrected chi connectivity index (χ4v) is 1.64. The van der Waals surface area contributed by atoms with Gasteiger partial charge in [0.15, 0.2) is 0 Å². The molecular formula is C13H20FNO3. The summed E-state index contributed by atoms with van der Waals surface area (Å²) >= 11 is 0. The largest absolute Gasteiger partial charge is 0.490 e. The number of nitrogens with one attached hydrogen (secondary N) is 1. The second-order valence-electron chi connectivity index (χ2n) is 4.11. The van der Waals surface area contributed by atoms with Crippen molar-refractivity contribution in [3.05, 3.63) is 29.6 Å². The van der Waals surface area contributed by atoms with Crippen molar-refractivity contribution in [2.45, 2.75) is 26.0 Å². The van der Waals surface area contributed by atoms with Gasteiger partial charge in [0.25, 0.3) is 0 Å². The maximum absolute atomic E-state index is 13.2. The van der Waals surface area contributed by atoms with Crippen LogP contribution in [0.4, 0.5) is 4.39 Å². The molecular weight excluding hydrogens is 237 g/mol. The maximum atomic E-state index is 13.2. The average Bonchev–Trinajstić information content (AvgIpc) is 2.37. The summed E-state index contributed by atoms with van der Waals surface area (Å²) in [5, 5.41) is 21.1. The molecule has 0 radical (unpaired) electrons. The Morgan fingerprint density at radius 1 is 1.44 bits per heavy atom. The van der Waals surface area contributed by atoms with Gasteiger partial charge in [0.05, 0.1) is 6.61 Å². The first-order valence-electron chi connectivity index (χ1n) is 6.03. The molecule has 1 aromatic carbocycles. The number of benzene rings is 1. The molecule has 2 atom stereocenters. The van der Waals surface area contributed by atoms with Gasteiger partial charge in [-0.15, -0.1) is 0 Å². The summed E-state index contributed by atoms with van der Waals surface area (Å²) in [6, 6.07) is 4.20. The van der Waals surface area contributed by atoms with Crippen molar-refractivity contribution in [1.29, 1.82) is 0 Å². The fourth-order valence-electron chi connectivity index (χ4n) is 1.64. The molecule has 3 N–H and O–H groups in total. The van der Waals surface area contributed by atoms with Crippen LogP contribution in [0.3, 0.4) is 0 Å². The van der Waals surface area contributed by atoms with Crippen LogP contribution in [0.5, 0.6) is 5.75 Å². The highest BCUT2D eigenvalue weighted by Gasteiger charge is 2.13. The van der Waals surface area contributed by atoms with Crippen LogP contribution in [-0.4, -0.2) is 36.1 Å². The Labute approximate surface area is 106 Å². The smallest absolute Gasteiger partial charge is 0.124 e. The van der Waals surface area contributed by atoms with E-state index in [-0.39, 0.29) is 25.1 Å². The molecule has 0 aliphatic heterocycles. The van der Waals surface area contributed by atoms with Crippen molar-refractivity contribution < 1.29 is 19.3 Å². The lowest BCUT2D eigenvalue weighted by atomic mass is 10.1. The Morgan fingerprint density at radius 3 is 2.78 bits per heavy atom. The summed E-state index contributed by atoms with van der Waals surface area (Å²) in [5.74, 6) is 0.183. The molecule has 18 heavy (non-hydrogen) atoms. The zero-order valence-electron chi connectivity index (χ0n) is 10.7. The Balaban J connectivity index is 2.82. The lowest BCUT2D eigenvalue weighted by molar-refractivity contribution is 0.0531. The molecule has 0 bridgehead atoms. The fraction of sp³-hybridized carbons (Fsp3) is 0.538. The van der Waals surface area contributed by atoms with E-state index in [0.717, 1.165) is 6.54 Å². The first-order valence-corrected chi connectivity index (χ1v) is 6.03. The van der Waals surface area contributed by atoms with Crippen LogP contribution in [-0.2, 0) is 0 Å². The number of rotatable bonds is 7. The second kappa shape index (κ2) is 7.31. The Kier molecular flexibility index (Phi) is 6.04. The molecule has 4 nitrogen and oxygen atoms in total. The third-order valence-electron chi connectivity index (χ3n) is 2.59. The van der Waals surface area contributed by atoms with E-state index in [0.29, 0.717) is 11.3 Å². The molecule has 2 unspecified atom stereocenters. The van der Waals surface area contributed by atoms with Crippen molar-refractivity contribution in [1.82, 2.24) is 5.32 Å². The second-order valence-corrected chi connectivity index (χ2v) is 4.11. The average molecular weight is 257 g/mol. The van der Waals surface area contributed by atoms with E-state index in [4.69, 9.17) is 9.84 Å². The summed E-state index contributed by atoms with van der Waals surface area (Å²) < 4.78 is 18.6. The van der Waals surface area contributed by atoms with Gasteiger partial charge in [-0.25, -0.2) is 4.39 Å². The zero-order valence-corrected chi connectivity index (χ0v) is 10.7. The van der Waals surface area contributed by atoms with Crippen molar-refractivity contribution in [3.8, 4) is 5.75 Å². The van der Waals surface area contributed by atoms with E-state index in [1.807, 2.05) is 13.8 Å². The predicted octanol–water partition coefficient (Wildman–Crippen LogP) is 1.23. The molecule has 1 rings (SSSR count). The number of halogens is 1. The molecule has 0 aromatic heterocycles. The van der Waals surface area contributed by atoms with Gasteiger partial charge in [-0.3, -0.25) is 0 Å². The van der Waals surface area contributed by atoms with Crippen LogP contribution in [0.25, 0.3) is 0 Å². The summed E-state index contributed by atoms with van der Waals surface area (Å²) in [6.45, 7) is 4.25. The van der Waals surface area contributed by atoms with Gasteiger partial charge >= 0.3 is 0 Å². The SMILES string of the molecule is CCNC(C)c1cc(F)ccc1OCC(O)CO. The van der Waals surface area contributed by atoms with Crippen molar-refractivity contribution >= 4 is 0 Å². The summed E-state index contributed by atoms with van der Waals surface area (Å²) in [5.41, 5.74) is 0.696. The number of hydrogen-bond acceptors (Lipinski definition) is 4. The first-order chi connectivity index (χ1) is 8.58. The van der Waals surface area contributed by atoms with Crippen LogP contribution in [0, 0.1) is 5.82 Å². The molecule has 0 aliphatic carbocycles. The molecule has 0 saturated carbocycles. The highest BCUT2D eigenvalue weighted by molar-refractivity contribution is 5.36. The molecule has 0 fully saturated rings. The Morgan fingerprint density at radius 2 is 2.17 bits per heavy atom. The predicted molar refractivity (Wildman–Crippen MR) is 67.1 cm³/mol. The third kappa shape index (κ3) is 4.25. The quantitative estimate of drug-likeness (QED) is 0.687. The number of ether oxygens (including phenoxy) is 1. The first kappa shape index (κ1) is 14.9. The molecule has 1 aromatic rings. The Hall–Kier alpha value is -1.17. The van der Waals surface area contributed by atoms with Crippen LogP contribution in [0.1, 0.15) is 25.5 Å². The van der Waals surface area contributed by atoms with E-state index in [9.17, 15) is 9.50 Å². The lowest BCUT2D eigenvalue weighted by Gasteiger charge is -2.18. The van der Waals surface area contributed by atoms with Crippen LogP contribution in [0.15, 0.2) is 18.2 Å². The van der Waals surface area contributed by atoms with Gasteiger partial charge in [0.1, 0.15) is 24.3 Å². The van der Waals surface area contributed by atoms with Crippen LogP contribution < -0.4 is 10.1 Å².